The van der Waals surface area contributed by atoms with Crippen molar-refractivity contribution in [2.45, 2.75) is 167 Å². The van der Waals surface area contributed by atoms with Crippen molar-refractivity contribution in [1.82, 2.24) is 4.90 Å². The Morgan fingerprint density at radius 3 is 2.24 bits per heavy atom. The van der Waals surface area contributed by atoms with Gasteiger partial charge in [0.05, 0.1) is 66.6 Å². The van der Waals surface area contributed by atoms with Crippen LogP contribution in [0.25, 0.3) is 0 Å². The van der Waals surface area contributed by atoms with Gasteiger partial charge in [0.1, 0.15) is 18.3 Å². The molecule has 3 N–H and O–H groups in total. The standard InChI is InChI=1S/C37H66N2O11/c1-13-27-20(4)30(40)21(5)29(38-43)18(2)16-37(9)34(49-36-33(50-37)26(39(10)11)14-19(3)46-36)22(6)32(23(7)35(42)48-27)45-17-25-15-28(44-12)31(41)24(8)47-25/h18-28,30-34,36,40-41,43H,13-17H2,1-12H3/b38-29+/t18-,19?,20+,21+,22+,23-,24?,25-,26+,27-,28-,30?,31+,32+,33-,34-,36?,37-/m1/s1. The highest BCUT2D eigenvalue weighted by Gasteiger charge is 2.57. The van der Waals surface area contributed by atoms with Crippen LogP contribution in [0.4, 0.5) is 0 Å². The van der Waals surface area contributed by atoms with Gasteiger partial charge in [-0.15, -0.1) is 0 Å². The second kappa shape index (κ2) is 17.2. The molecule has 18 atom stereocenters. The molecule has 0 aromatic heterocycles. The van der Waals surface area contributed by atoms with Crippen molar-refractivity contribution in [3.05, 3.63) is 0 Å². The summed E-state index contributed by atoms with van der Waals surface area (Å²) in [6, 6.07) is 0.0225. The maximum atomic E-state index is 14.1. The summed E-state index contributed by atoms with van der Waals surface area (Å²) in [6.07, 6.45) is -3.90. The van der Waals surface area contributed by atoms with Crippen LogP contribution in [0.15, 0.2) is 5.16 Å². The number of aliphatic hydroxyl groups is 2. The highest BCUT2D eigenvalue weighted by atomic mass is 16.7. The van der Waals surface area contributed by atoms with Gasteiger partial charge in [-0.2, -0.15) is 0 Å². The molecule has 4 heterocycles. The predicted molar refractivity (Wildman–Crippen MR) is 186 cm³/mol. The third-order valence-corrected chi connectivity index (χ3v) is 12.0. The van der Waals surface area contributed by atoms with Crippen LogP contribution in [0.2, 0.25) is 0 Å². The molecule has 4 fully saturated rings. The lowest BCUT2D eigenvalue weighted by Gasteiger charge is -2.56. The number of carbonyl (C=O) groups excluding carboxylic acids is 1. The second-order valence-corrected chi connectivity index (χ2v) is 16.1. The van der Waals surface area contributed by atoms with E-state index >= 15 is 0 Å². The SMILES string of the molecule is CC[C@H]1OC(=O)[C@H](C)[C@@H](OC[C@H]2C[C@@H](OC)[C@@H](O)C(C)O2)[C@H](C)[C@H]2OC3OC(C)C[C@H](N(C)C)[C@H]3O[C@]2(C)C[C@@H](C)/C(=N\O)[C@H](C)C(O)[C@H]1C. The molecule has 4 unspecified atom stereocenters. The molecule has 0 aromatic rings. The minimum Gasteiger partial charge on any atom is -0.462 e. The molecular formula is C37H66N2O11. The Labute approximate surface area is 299 Å². The fourth-order valence-corrected chi connectivity index (χ4v) is 9.06. The van der Waals surface area contributed by atoms with Crippen molar-refractivity contribution in [1.29, 1.82) is 0 Å². The van der Waals surface area contributed by atoms with Gasteiger partial charge in [0, 0.05) is 43.2 Å². The minimum absolute atomic E-state index is 0.0225. The van der Waals surface area contributed by atoms with Crippen LogP contribution in [0.3, 0.4) is 0 Å². The van der Waals surface area contributed by atoms with E-state index in [1.165, 1.54) is 0 Å². The number of hydrogen-bond donors (Lipinski definition) is 3. The number of rotatable bonds is 6. The molecule has 0 saturated carbocycles. The number of hydrogen-bond acceptors (Lipinski definition) is 13. The second-order valence-electron chi connectivity index (χ2n) is 16.1. The Morgan fingerprint density at radius 1 is 0.960 bits per heavy atom. The number of nitrogens with zero attached hydrogens (tertiary/aromatic N) is 2. The van der Waals surface area contributed by atoms with Crippen LogP contribution in [0, 0.1) is 29.6 Å². The summed E-state index contributed by atoms with van der Waals surface area (Å²) in [5.74, 6) is -2.87. The summed E-state index contributed by atoms with van der Waals surface area (Å²) in [5, 5.41) is 36.2. The first-order valence-corrected chi connectivity index (χ1v) is 18.7. The van der Waals surface area contributed by atoms with E-state index in [1.807, 2.05) is 69.5 Å². The first kappa shape index (κ1) is 41.3. The third-order valence-electron chi connectivity index (χ3n) is 12.0. The number of carbonyl (C=O) groups is 1. The minimum atomic E-state index is -0.952. The molecule has 0 aromatic carbocycles. The molecule has 0 aliphatic carbocycles. The molecule has 4 saturated heterocycles. The number of esters is 1. The van der Waals surface area contributed by atoms with E-state index in [4.69, 9.17) is 33.2 Å². The van der Waals surface area contributed by atoms with Gasteiger partial charge >= 0.3 is 5.97 Å². The van der Waals surface area contributed by atoms with E-state index in [0.29, 0.717) is 25.0 Å². The average Bonchev–Trinajstić information content (AvgIpc) is 3.06. The Hall–Kier alpha value is -1.42. The van der Waals surface area contributed by atoms with Crippen LogP contribution in [-0.2, 0) is 38.0 Å². The molecule has 4 rings (SSSR count). The Bertz CT molecular complexity index is 1140. The summed E-state index contributed by atoms with van der Waals surface area (Å²) in [5.41, 5.74) is -0.509. The highest BCUT2D eigenvalue weighted by molar-refractivity contribution is 5.88. The number of methoxy groups -OCH3 is 1. The summed E-state index contributed by atoms with van der Waals surface area (Å²) >= 11 is 0. The summed E-state index contributed by atoms with van der Waals surface area (Å²) in [7, 11) is 5.63. The van der Waals surface area contributed by atoms with Gasteiger partial charge in [-0.1, -0.05) is 39.8 Å². The normalized spacial score (nSPS) is 49.1. The molecule has 13 nitrogen and oxygen atoms in total. The van der Waals surface area contributed by atoms with Crippen LogP contribution < -0.4 is 0 Å². The molecular weight excluding hydrogens is 648 g/mol. The van der Waals surface area contributed by atoms with Crippen LogP contribution in [0.1, 0.15) is 88.0 Å². The zero-order valence-corrected chi connectivity index (χ0v) is 32.4. The molecule has 13 heteroatoms. The van der Waals surface area contributed by atoms with Gasteiger partial charge in [-0.05, 0) is 61.1 Å². The monoisotopic (exact) mass is 714 g/mol. The lowest BCUT2D eigenvalue weighted by atomic mass is 9.73. The molecule has 290 valence electrons. The smallest absolute Gasteiger partial charge is 0.311 e. The Kier molecular flexibility index (Phi) is 14.2. The molecule has 50 heavy (non-hydrogen) atoms. The van der Waals surface area contributed by atoms with Crippen molar-refractivity contribution >= 4 is 11.7 Å². The predicted octanol–water partition coefficient (Wildman–Crippen LogP) is 3.63. The molecule has 0 spiro atoms. The lowest BCUT2D eigenvalue weighted by molar-refractivity contribution is -0.374. The van der Waals surface area contributed by atoms with E-state index in [0.717, 1.165) is 6.42 Å². The van der Waals surface area contributed by atoms with Crippen molar-refractivity contribution in [3.8, 4) is 0 Å². The fourth-order valence-electron chi connectivity index (χ4n) is 9.06. The summed E-state index contributed by atoms with van der Waals surface area (Å²) in [6.45, 7) is 17.4. The third kappa shape index (κ3) is 8.68. The van der Waals surface area contributed by atoms with Crippen LogP contribution >= 0.6 is 0 Å². The average molecular weight is 715 g/mol. The van der Waals surface area contributed by atoms with E-state index < -0.39 is 90.4 Å². The summed E-state index contributed by atoms with van der Waals surface area (Å²) < 4.78 is 45.0. The topological polar surface area (TPSA) is 158 Å². The first-order valence-electron chi connectivity index (χ1n) is 18.7. The fraction of sp³-hybridized carbons (Fsp3) is 0.946. The van der Waals surface area contributed by atoms with E-state index in [-0.39, 0.29) is 30.8 Å². The summed E-state index contributed by atoms with van der Waals surface area (Å²) in [4.78, 5) is 16.2. The quantitative estimate of drug-likeness (QED) is 0.209. The Balaban J connectivity index is 1.77. The zero-order valence-electron chi connectivity index (χ0n) is 32.4. The number of oxime groups is 1. The number of likely N-dealkylation sites (N-methyl/N-ethyl adjacent to an activating group) is 1. The van der Waals surface area contributed by atoms with Gasteiger partial charge in [0.15, 0.2) is 6.29 Å². The largest absolute Gasteiger partial charge is 0.462 e. The van der Waals surface area contributed by atoms with Gasteiger partial charge in [0.2, 0.25) is 0 Å². The van der Waals surface area contributed by atoms with E-state index in [9.17, 15) is 20.2 Å². The zero-order chi connectivity index (χ0) is 37.2. The number of aliphatic hydroxyl groups excluding tert-OH is 2. The number of cyclic esters (lactones) is 1. The van der Waals surface area contributed by atoms with Gasteiger partial charge in [-0.3, -0.25) is 4.79 Å². The maximum absolute atomic E-state index is 14.1. The van der Waals surface area contributed by atoms with Crippen molar-refractivity contribution in [2.24, 2.45) is 34.7 Å². The van der Waals surface area contributed by atoms with E-state index in [2.05, 4.69) is 10.1 Å². The van der Waals surface area contributed by atoms with Crippen molar-refractivity contribution in [2.75, 3.05) is 27.8 Å². The molecule has 0 amide bonds. The van der Waals surface area contributed by atoms with Gasteiger partial charge in [0.25, 0.3) is 0 Å². The van der Waals surface area contributed by atoms with Crippen LogP contribution in [0.5, 0.6) is 0 Å². The van der Waals surface area contributed by atoms with Gasteiger partial charge in [-0.25, -0.2) is 0 Å². The molecule has 0 bridgehead atoms. The highest BCUT2D eigenvalue weighted by Crippen LogP contribution is 2.45. The number of fused-ring (bicyclic) bond motifs is 2. The lowest BCUT2D eigenvalue weighted by Crippen LogP contribution is -2.67. The van der Waals surface area contributed by atoms with Crippen LogP contribution in [-0.4, -0.2) is 139 Å². The number of ether oxygens (including phenoxy) is 7. The molecule has 4 aliphatic rings. The van der Waals surface area contributed by atoms with Crippen molar-refractivity contribution in [3.63, 3.8) is 0 Å². The van der Waals surface area contributed by atoms with Crippen molar-refractivity contribution < 1.29 is 53.4 Å². The van der Waals surface area contributed by atoms with E-state index in [1.54, 1.807) is 14.0 Å². The molecule has 0 radical (unpaired) electrons. The Morgan fingerprint density at radius 2 is 1.64 bits per heavy atom. The molecule has 4 aliphatic heterocycles. The maximum Gasteiger partial charge on any atom is 0.311 e. The van der Waals surface area contributed by atoms with Gasteiger partial charge < -0.3 is 53.5 Å². The first-order chi connectivity index (χ1) is 23.5.